The molecular formula is C9H23N3S. The second-order valence-electron chi connectivity index (χ2n) is 2.86. The fourth-order valence-corrected chi connectivity index (χ4v) is 0.787. The quantitative estimate of drug-likeness (QED) is 0.677. The van der Waals surface area contributed by atoms with Gasteiger partial charge in [0.1, 0.15) is 0 Å². The summed E-state index contributed by atoms with van der Waals surface area (Å²) in [6, 6.07) is 0. The van der Waals surface area contributed by atoms with Crippen LogP contribution in [0.3, 0.4) is 0 Å². The first-order chi connectivity index (χ1) is 6.09. The van der Waals surface area contributed by atoms with Crippen LogP contribution < -0.4 is 11.1 Å². The molecule has 0 bridgehead atoms. The van der Waals surface area contributed by atoms with Crippen molar-refractivity contribution in [2.24, 2.45) is 5.73 Å². The lowest BCUT2D eigenvalue weighted by atomic mass is 10.5. The van der Waals surface area contributed by atoms with E-state index in [1.54, 1.807) is 0 Å². The molecule has 0 aromatic heterocycles. The number of hydrogen-bond acceptors (Lipinski definition) is 2. The highest BCUT2D eigenvalue weighted by atomic mass is 32.1. The summed E-state index contributed by atoms with van der Waals surface area (Å²) in [5.41, 5.74) is 5.28. The van der Waals surface area contributed by atoms with E-state index in [9.17, 15) is 0 Å². The molecule has 0 aliphatic heterocycles. The van der Waals surface area contributed by atoms with Crippen molar-refractivity contribution < 1.29 is 0 Å². The van der Waals surface area contributed by atoms with Gasteiger partial charge >= 0.3 is 0 Å². The van der Waals surface area contributed by atoms with Crippen LogP contribution >= 0.6 is 12.2 Å². The predicted octanol–water partition coefficient (Wildman–Crippen LogP) is 1.19. The molecule has 0 aromatic rings. The monoisotopic (exact) mass is 205 g/mol. The Morgan fingerprint density at radius 1 is 1.38 bits per heavy atom. The van der Waals surface area contributed by atoms with Gasteiger partial charge in [0.25, 0.3) is 0 Å². The zero-order valence-corrected chi connectivity index (χ0v) is 10.1. The molecule has 0 rings (SSSR count). The molecule has 13 heavy (non-hydrogen) atoms. The van der Waals surface area contributed by atoms with E-state index >= 15 is 0 Å². The Hall–Kier alpha value is -0.350. The molecule has 0 spiro atoms. The minimum atomic E-state index is 0.479. The first-order valence-corrected chi connectivity index (χ1v) is 5.16. The molecule has 3 nitrogen and oxygen atoms in total. The van der Waals surface area contributed by atoms with Crippen LogP contribution in [0.5, 0.6) is 0 Å². The van der Waals surface area contributed by atoms with Gasteiger partial charge in [-0.25, -0.2) is 0 Å². The molecule has 0 saturated carbocycles. The highest BCUT2D eigenvalue weighted by Crippen LogP contribution is 1.83. The third-order valence-electron chi connectivity index (χ3n) is 1.44. The van der Waals surface area contributed by atoms with Gasteiger partial charge in [0.15, 0.2) is 5.11 Å². The van der Waals surface area contributed by atoms with Crippen LogP contribution in [-0.4, -0.2) is 37.2 Å². The molecule has 0 fully saturated rings. The van der Waals surface area contributed by atoms with E-state index < -0.39 is 0 Å². The van der Waals surface area contributed by atoms with Crippen LogP contribution in [0.15, 0.2) is 0 Å². The van der Waals surface area contributed by atoms with Crippen LogP contribution in [0.2, 0.25) is 0 Å². The van der Waals surface area contributed by atoms with Gasteiger partial charge in [0, 0.05) is 13.6 Å². The van der Waals surface area contributed by atoms with E-state index in [0.717, 1.165) is 19.5 Å². The summed E-state index contributed by atoms with van der Waals surface area (Å²) in [6.45, 7) is 6.33. The number of rotatable bonds is 4. The third-order valence-corrected chi connectivity index (χ3v) is 1.75. The number of hydrogen-bond donors (Lipinski definition) is 2. The maximum Gasteiger partial charge on any atom is 0.166 e. The lowest BCUT2D eigenvalue weighted by Gasteiger charge is -2.14. The van der Waals surface area contributed by atoms with Crippen LogP contribution in [0.1, 0.15) is 26.7 Å². The second-order valence-corrected chi connectivity index (χ2v) is 3.28. The molecule has 0 radical (unpaired) electrons. The van der Waals surface area contributed by atoms with Crippen LogP contribution in [0.4, 0.5) is 0 Å². The predicted molar refractivity (Wildman–Crippen MR) is 63.9 cm³/mol. The Balaban J connectivity index is 0. The Bertz CT molecular complexity index is 115. The first kappa shape index (κ1) is 15.1. The van der Waals surface area contributed by atoms with E-state index in [1.807, 2.05) is 19.0 Å². The van der Waals surface area contributed by atoms with Crippen molar-refractivity contribution in [3.63, 3.8) is 0 Å². The van der Waals surface area contributed by atoms with Gasteiger partial charge < -0.3 is 16.0 Å². The molecule has 0 saturated heterocycles. The highest BCUT2D eigenvalue weighted by Gasteiger charge is 1.93. The van der Waals surface area contributed by atoms with Gasteiger partial charge in [0.2, 0.25) is 0 Å². The summed E-state index contributed by atoms with van der Waals surface area (Å²) >= 11 is 4.69. The summed E-state index contributed by atoms with van der Waals surface area (Å²) in [7, 11) is 3.86. The average molecular weight is 205 g/mol. The van der Waals surface area contributed by atoms with Crippen LogP contribution in [0, 0.1) is 0 Å². The summed E-state index contributed by atoms with van der Waals surface area (Å²) in [4.78, 5) is 1.86. The van der Waals surface area contributed by atoms with Gasteiger partial charge in [-0.3, -0.25) is 0 Å². The van der Waals surface area contributed by atoms with Crippen molar-refractivity contribution in [2.75, 3.05) is 27.2 Å². The van der Waals surface area contributed by atoms with Crippen molar-refractivity contribution >= 4 is 17.3 Å². The average Bonchev–Trinajstić information content (AvgIpc) is 2.07. The molecule has 0 heterocycles. The smallest absolute Gasteiger partial charge is 0.166 e. The van der Waals surface area contributed by atoms with Crippen molar-refractivity contribution in [2.45, 2.75) is 26.7 Å². The second kappa shape index (κ2) is 11.6. The maximum atomic E-state index is 5.28. The first-order valence-electron chi connectivity index (χ1n) is 4.75. The molecule has 0 unspecified atom stereocenters. The third kappa shape index (κ3) is 14.5. The van der Waals surface area contributed by atoms with Gasteiger partial charge in [-0.1, -0.05) is 13.8 Å². The van der Waals surface area contributed by atoms with Crippen LogP contribution in [-0.2, 0) is 0 Å². The molecule has 4 heteroatoms. The topological polar surface area (TPSA) is 41.3 Å². The zero-order chi connectivity index (χ0) is 10.7. The zero-order valence-electron chi connectivity index (χ0n) is 9.26. The minimum Gasteiger partial charge on any atom is -0.376 e. The van der Waals surface area contributed by atoms with Crippen LogP contribution in [0.25, 0.3) is 0 Å². The molecule has 80 valence electrons. The summed E-state index contributed by atoms with van der Waals surface area (Å²) in [5.74, 6) is 0. The fraction of sp³-hybridized carbons (Fsp3) is 0.889. The van der Waals surface area contributed by atoms with Crippen molar-refractivity contribution in [1.29, 1.82) is 0 Å². The SMILES string of the molecule is CCCN(C)C(N)=S.CCCNC. The fourth-order valence-electron chi connectivity index (χ4n) is 0.696. The minimum absolute atomic E-state index is 0.479. The van der Waals surface area contributed by atoms with Gasteiger partial charge in [-0.05, 0) is 38.7 Å². The molecular weight excluding hydrogens is 182 g/mol. The van der Waals surface area contributed by atoms with Crippen molar-refractivity contribution in [1.82, 2.24) is 10.2 Å². The normalized spacial score (nSPS) is 8.62. The van der Waals surface area contributed by atoms with Crippen molar-refractivity contribution in [3.8, 4) is 0 Å². The van der Waals surface area contributed by atoms with E-state index in [0.29, 0.717) is 5.11 Å². The lowest BCUT2D eigenvalue weighted by molar-refractivity contribution is 0.504. The molecule has 3 N–H and O–H groups in total. The van der Waals surface area contributed by atoms with E-state index in [-0.39, 0.29) is 0 Å². The Morgan fingerprint density at radius 3 is 2.00 bits per heavy atom. The Morgan fingerprint density at radius 2 is 1.92 bits per heavy atom. The number of nitrogens with zero attached hydrogens (tertiary/aromatic N) is 1. The largest absolute Gasteiger partial charge is 0.376 e. The van der Waals surface area contributed by atoms with Gasteiger partial charge in [-0.15, -0.1) is 0 Å². The van der Waals surface area contributed by atoms with E-state index in [2.05, 4.69) is 31.4 Å². The summed E-state index contributed by atoms with van der Waals surface area (Å²) in [6.07, 6.45) is 2.32. The summed E-state index contributed by atoms with van der Waals surface area (Å²) in [5, 5.41) is 3.50. The standard InChI is InChI=1S/C5H12N2S.C4H11N/c1-3-4-7(2)5(6)8;1-3-4-5-2/h3-4H2,1-2H3,(H2,6,8);5H,3-4H2,1-2H3. The Kier molecular flexibility index (Phi) is 13.6. The number of nitrogens with two attached hydrogens (primary N) is 1. The molecule has 0 aliphatic carbocycles. The molecule has 0 amide bonds. The molecule has 0 aromatic carbocycles. The van der Waals surface area contributed by atoms with Crippen molar-refractivity contribution in [3.05, 3.63) is 0 Å². The number of thiocarbonyl (C=S) groups is 1. The maximum absolute atomic E-state index is 5.28. The van der Waals surface area contributed by atoms with Gasteiger partial charge in [-0.2, -0.15) is 0 Å². The molecule has 0 aliphatic rings. The summed E-state index contributed by atoms with van der Waals surface area (Å²) < 4.78 is 0. The highest BCUT2D eigenvalue weighted by molar-refractivity contribution is 7.80. The van der Waals surface area contributed by atoms with E-state index in [4.69, 9.17) is 5.73 Å². The number of nitrogens with one attached hydrogen (secondary N) is 1. The molecule has 0 atom stereocenters. The van der Waals surface area contributed by atoms with E-state index in [1.165, 1.54) is 6.42 Å². The van der Waals surface area contributed by atoms with Gasteiger partial charge in [0.05, 0.1) is 0 Å². The lowest BCUT2D eigenvalue weighted by Crippen LogP contribution is -2.32. The Labute approximate surface area is 87.7 Å².